The molecule has 2 aromatic carbocycles. The predicted molar refractivity (Wildman–Crippen MR) is 152 cm³/mol. The van der Waals surface area contributed by atoms with Gasteiger partial charge in [-0.15, -0.1) is 0 Å². The number of aryl methyl sites for hydroxylation is 1. The first-order valence-electron chi connectivity index (χ1n) is 13.8. The summed E-state index contributed by atoms with van der Waals surface area (Å²) in [6, 6.07) is 20.7. The van der Waals surface area contributed by atoms with Crippen LogP contribution in [0.15, 0.2) is 79.3 Å². The van der Waals surface area contributed by atoms with Gasteiger partial charge in [-0.1, -0.05) is 12.1 Å². The third kappa shape index (κ3) is 6.75. The summed E-state index contributed by atoms with van der Waals surface area (Å²) in [6.45, 7) is 6.33. The number of nitro groups is 1. The molecule has 2 aromatic heterocycles. The Labute approximate surface area is 238 Å². The molecule has 0 radical (unpaired) electrons. The van der Waals surface area contributed by atoms with E-state index in [0.29, 0.717) is 26.2 Å². The third-order valence-corrected chi connectivity index (χ3v) is 7.37. The van der Waals surface area contributed by atoms with Crippen LogP contribution >= 0.6 is 0 Å². The molecule has 0 spiro atoms. The van der Waals surface area contributed by atoms with Gasteiger partial charge in [-0.2, -0.15) is 0 Å². The zero-order valence-electron chi connectivity index (χ0n) is 22.7. The number of piperazine rings is 1. The van der Waals surface area contributed by atoms with Gasteiger partial charge in [-0.3, -0.25) is 14.5 Å². The van der Waals surface area contributed by atoms with Crippen molar-refractivity contribution in [3.63, 3.8) is 0 Å². The van der Waals surface area contributed by atoms with Gasteiger partial charge in [0.25, 0.3) is 0 Å². The third-order valence-electron chi connectivity index (χ3n) is 7.37. The van der Waals surface area contributed by atoms with Gasteiger partial charge >= 0.3 is 11.8 Å². The van der Waals surface area contributed by atoms with Crippen molar-refractivity contribution in [3.8, 4) is 17.5 Å². The van der Waals surface area contributed by atoms with Gasteiger partial charge in [-0.05, 0) is 64.6 Å². The van der Waals surface area contributed by atoms with Crippen LogP contribution in [-0.2, 0) is 19.7 Å². The zero-order chi connectivity index (χ0) is 28.0. The van der Waals surface area contributed by atoms with E-state index < -0.39 is 4.92 Å². The Kier molecular flexibility index (Phi) is 7.94. The molecule has 4 heterocycles. The van der Waals surface area contributed by atoms with E-state index in [2.05, 4.69) is 44.0 Å². The van der Waals surface area contributed by atoms with E-state index in [1.54, 1.807) is 17.0 Å². The van der Waals surface area contributed by atoms with Crippen molar-refractivity contribution in [2.24, 2.45) is 0 Å². The first-order valence-corrected chi connectivity index (χ1v) is 13.8. The van der Waals surface area contributed by atoms with Gasteiger partial charge in [0.1, 0.15) is 37.0 Å². The number of hydrogen-bond donors (Lipinski definition) is 0. The summed E-state index contributed by atoms with van der Waals surface area (Å²) in [4.78, 5) is 23.3. The zero-order valence-corrected chi connectivity index (χ0v) is 22.7. The number of aromatic nitrogens is 3. The molecule has 2 aliphatic rings. The Morgan fingerprint density at radius 1 is 0.878 bits per heavy atom. The fraction of sp³-hybridized carbons (Fsp3) is 0.333. The average Bonchev–Trinajstić information content (AvgIpc) is 3.45. The van der Waals surface area contributed by atoms with Gasteiger partial charge in [0.05, 0.1) is 0 Å². The minimum absolute atomic E-state index is 0.199. The molecule has 4 aromatic rings. The highest BCUT2D eigenvalue weighted by Gasteiger charge is 2.28. The lowest BCUT2D eigenvalue weighted by Crippen LogP contribution is -2.45. The fourth-order valence-corrected chi connectivity index (χ4v) is 5.04. The Bertz CT molecular complexity index is 1440. The van der Waals surface area contributed by atoms with Gasteiger partial charge in [0.2, 0.25) is 0 Å². The summed E-state index contributed by atoms with van der Waals surface area (Å²) in [5.41, 5.74) is 3.56. The topological polar surface area (TPSA) is 108 Å². The highest BCUT2D eigenvalue weighted by molar-refractivity contribution is 5.49. The van der Waals surface area contributed by atoms with E-state index >= 15 is 0 Å². The normalized spacial score (nSPS) is 17.0. The minimum Gasteiger partial charge on any atom is -0.490 e. The Morgan fingerprint density at radius 3 is 2.32 bits per heavy atom. The van der Waals surface area contributed by atoms with Crippen LogP contribution in [0.25, 0.3) is 0 Å². The Balaban J connectivity index is 0.927. The first-order chi connectivity index (χ1) is 20.1. The second kappa shape index (κ2) is 12.3. The van der Waals surface area contributed by atoms with Crippen LogP contribution in [0.3, 0.4) is 0 Å². The van der Waals surface area contributed by atoms with Crippen LogP contribution in [0.1, 0.15) is 17.5 Å². The molecule has 1 atom stereocenters. The summed E-state index contributed by atoms with van der Waals surface area (Å²) in [5.74, 6) is 1.44. The van der Waals surface area contributed by atoms with Crippen molar-refractivity contribution in [2.45, 2.75) is 32.2 Å². The Hall–Kier alpha value is -4.64. The highest BCUT2D eigenvalue weighted by Crippen LogP contribution is 2.26. The van der Waals surface area contributed by atoms with Gasteiger partial charge in [-0.25, -0.2) is 0 Å². The number of hydrogen-bond acceptors (Lipinski definition) is 9. The molecule has 212 valence electrons. The van der Waals surface area contributed by atoms with Crippen molar-refractivity contribution in [1.82, 2.24) is 19.4 Å². The monoisotopic (exact) mass is 556 g/mol. The van der Waals surface area contributed by atoms with Crippen molar-refractivity contribution >= 4 is 11.5 Å². The van der Waals surface area contributed by atoms with E-state index in [4.69, 9.17) is 14.2 Å². The number of rotatable bonds is 10. The smallest absolute Gasteiger partial charge is 0.414 e. The van der Waals surface area contributed by atoms with E-state index in [9.17, 15) is 10.1 Å². The van der Waals surface area contributed by atoms with Gasteiger partial charge in [0.15, 0.2) is 0 Å². The van der Waals surface area contributed by atoms with E-state index in [1.165, 1.54) is 17.4 Å². The standard InChI is InChI=1S/C30H32N6O5/c37-36(38)29-20-35-14-11-28(41-30(35)32-29)22-40-27-7-3-25(4-8-27)34-17-15-33(16-18-34)19-23-1-5-26(6-2-23)39-21-24-9-12-31-13-10-24/h1-10,12-13,20,28H,11,14-19,21-22H2/t28-/m1/s1. The lowest BCUT2D eigenvalue weighted by atomic mass is 10.1. The number of benzene rings is 2. The van der Waals surface area contributed by atoms with Crippen LogP contribution < -0.4 is 19.1 Å². The average molecular weight is 557 g/mol. The summed E-state index contributed by atoms with van der Waals surface area (Å²) in [5, 5.41) is 10.9. The van der Waals surface area contributed by atoms with Crippen molar-refractivity contribution in [2.75, 3.05) is 37.7 Å². The molecule has 0 aliphatic carbocycles. The molecule has 41 heavy (non-hydrogen) atoms. The second-order valence-corrected chi connectivity index (χ2v) is 10.2. The molecule has 1 fully saturated rings. The van der Waals surface area contributed by atoms with Crippen LogP contribution in [0.4, 0.5) is 11.5 Å². The van der Waals surface area contributed by atoms with Gasteiger partial charge < -0.3 is 29.2 Å². The number of imidazole rings is 1. The molecular formula is C30H32N6O5. The summed E-state index contributed by atoms with van der Waals surface area (Å²) in [7, 11) is 0. The van der Waals surface area contributed by atoms with Gasteiger partial charge in [0, 0.05) is 68.8 Å². The molecule has 0 unspecified atom stereocenters. The van der Waals surface area contributed by atoms with Crippen LogP contribution in [0, 0.1) is 10.1 Å². The fourth-order valence-electron chi connectivity index (χ4n) is 5.04. The quantitative estimate of drug-likeness (QED) is 0.208. The van der Waals surface area contributed by atoms with Crippen LogP contribution in [0.5, 0.6) is 17.5 Å². The van der Waals surface area contributed by atoms with E-state index in [0.717, 1.165) is 49.8 Å². The molecule has 2 aliphatic heterocycles. The number of pyridine rings is 1. The van der Waals surface area contributed by atoms with Crippen molar-refractivity contribution in [1.29, 1.82) is 0 Å². The first kappa shape index (κ1) is 26.6. The lowest BCUT2D eigenvalue weighted by Gasteiger charge is -2.36. The molecule has 1 saturated heterocycles. The molecular weight excluding hydrogens is 524 g/mol. The van der Waals surface area contributed by atoms with Crippen molar-refractivity contribution in [3.05, 3.63) is 100 Å². The summed E-state index contributed by atoms with van der Waals surface area (Å²) in [6.07, 6.45) is 5.46. The summed E-state index contributed by atoms with van der Waals surface area (Å²) < 4.78 is 19.3. The molecule has 0 amide bonds. The van der Waals surface area contributed by atoms with Crippen LogP contribution in [-0.4, -0.2) is 63.2 Å². The molecule has 11 heteroatoms. The SMILES string of the molecule is O=[N+]([O-])c1cn2c(n1)O[C@@H](COc1ccc(N3CCN(Cc4ccc(OCc5ccncc5)cc4)CC3)cc1)CC2. The maximum Gasteiger partial charge on any atom is 0.414 e. The summed E-state index contributed by atoms with van der Waals surface area (Å²) >= 11 is 0. The highest BCUT2D eigenvalue weighted by atomic mass is 16.6. The molecule has 0 saturated carbocycles. The maximum atomic E-state index is 10.9. The molecule has 11 nitrogen and oxygen atoms in total. The molecule has 0 N–H and O–H groups in total. The second-order valence-electron chi connectivity index (χ2n) is 10.2. The van der Waals surface area contributed by atoms with Crippen molar-refractivity contribution < 1.29 is 19.1 Å². The predicted octanol–water partition coefficient (Wildman–Crippen LogP) is 4.32. The van der Waals surface area contributed by atoms with Crippen LogP contribution in [0.2, 0.25) is 0 Å². The lowest BCUT2D eigenvalue weighted by molar-refractivity contribution is -0.389. The number of fused-ring (bicyclic) bond motifs is 1. The number of nitrogens with zero attached hydrogens (tertiary/aromatic N) is 6. The largest absolute Gasteiger partial charge is 0.490 e. The minimum atomic E-state index is -0.511. The number of anilines is 1. The maximum absolute atomic E-state index is 10.9. The Morgan fingerprint density at radius 2 is 1.59 bits per heavy atom. The number of ether oxygens (including phenoxy) is 3. The molecule has 0 bridgehead atoms. The van der Waals surface area contributed by atoms with E-state index in [1.807, 2.05) is 36.4 Å². The molecule has 6 rings (SSSR count). The van der Waals surface area contributed by atoms with E-state index in [-0.39, 0.29) is 17.9 Å².